The molecule has 0 unspecified atom stereocenters. The lowest BCUT2D eigenvalue weighted by Gasteiger charge is -2.11. The van der Waals surface area contributed by atoms with Gasteiger partial charge in [-0.05, 0) is 49.5 Å². The zero-order valence-corrected chi connectivity index (χ0v) is 18.2. The van der Waals surface area contributed by atoms with Crippen molar-refractivity contribution in [3.05, 3.63) is 70.4 Å². The van der Waals surface area contributed by atoms with Gasteiger partial charge < -0.3 is 9.26 Å². The molecule has 0 saturated carbocycles. The minimum atomic E-state index is -0.584. The Morgan fingerprint density at radius 2 is 1.91 bits per heavy atom. The number of nitrogens with one attached hydrogen (secondary N) is 3. The lowest BCUT2D eigenvalue weighted by Crippen LogP contribution is -2.49. The average Bonchev–Trinajstić information content (AvgIpc) is 3.18. The molecular weight excluding hydrogens is 454 g/mol. The molecule has 3 aromatic rings. The molecule has 0 spiro atoms. The van der Waals surface area contributed by atoms with Gasteiger partial charge in [0, 0.05) is 5.56 Å². The lowest BCUT2D eigenvalue weighted by molar-refractivity contribution is -0.123. The van der Waals surface area contributed by atoms with Gasteiger partial charge in [-0.1, -0.05) is 35.0 Å². The predicted octanol–water partition coefficient (Wildman–Crippen LogP) is 2.89. The van der Waals surface area contributed by atoms with Crippen LogP contribution < -0.4 is 20.9 Å². The number of hydrazine groups is 1. The van der Waals surface area contributed by atoms with Gasteiger partial charge in [-0.2, -0.15) is 5.26 Å². The molecule has 3 rings (SSSR count). The number of halogens is 1. The number of benzene rings is 2. The first kappa shape index (κ1) is 22.7. The number of aryl methyl sites for hydroxylation is 1. The van der Waals surface area contributed by atoms with Crippen molar-refractivity contribution in [3.63, 3.8) is 0 Å². The van der Waals surface area contributed by atoms with Gasteiger partial charge in [0.05, 0.1) is 16.7 Å². The number of hydrogen-bond donors (Lipinski definition) is 3. The number of nitriles is 1. The van der Waals surface area contributed by atoms with Crippen LogP contribution in [-0.2, 0) is 4.79 Å². The van der Waals surface area contributed by atoms with Gasteiger partial charge >= 0.3 is 0 Å². The molecule has 1 aromatic heterocycles. The Hall–Kier alpha value is -3.94. The normalized spacial score (nSPS) is 10.0. The maximum absolute atomic E-state index is 12.7. The molecule has 0 saturated heterocycles. The van der Waals surface area contributed by atoms with Crippen LogP contribution in [0.25, 0.3) is 11.3 Å². The Morgan fingerprint density at radius 1 is 1.19 bits per heavy atom. The van der Waals surface area contributed by atoms with Crippen LogP contribution in [0.4, 0.5) is 0 Å². The van der Waals surface area contributed by atoms with Crippen LogP contribution in [0.2, 0.25) is 5.02 Å². The molecule has 9 nitrogen and oxygen atoms in total. The molecule has 0 atom stereocenters. The topological polar surface area (TPSA) is 129 Å². The van der Waals surface area contributed by atoms with E-state index in [0.29, 0.717) is 21.9 Å². The summed E-state index contributed by atoms with van der Waals surface area (Å²) < 4.78 is 10.5. The second-order valence-electron chi connectivity index (χ2n) is 6.32. The van der Waals surface area contributed by atoms with Gasteiger partial charge in [0.25, 0.3) is 11.8 Å². The molecule has 0 aliphatic carbocycles. The van der Waals surface area contributed by atoms with Crippen molar-refractivity contribution in [1.82, 2.24) is 21.3 Å². The van der Waals surface area contributed by atoms with E-state index in [1.54, 1.807) is 55.5 Å². The monoisotopic (exact) mass is 469 g/mol. The zero-order valence-electron chi connectivity index (χ0n) is 16.6. The van der Waals surface area contributed by atoms with Gasteiger partial charge in [0.15, 0.2) is 11.7 Å². The molecule has 162 valence electrons. The highest BCUT2D eigenvalue weighted by Crippen LogP contribution is 2.30. The van der Waals surface area contributed by atoms with E-state index in [1.165, 1.54) is 0 Å². The second kappa shape index (κ2) is 10.4. The van der Waals surface area contributed by atoms with Crippen LogP contribution in [0.15, 0.2) is 53.1 Å². The van der Waals surface area contributed by atoms with Crippen LogP contribution >= 0.6 is 23.8 Å². The summed E-state index contributed by atoms with van der Waals surface area (Å²) in [4.78, 5) is 24.6. The predicted molar refractivity (Wildman–Crippen MR) is 120 cm³/mol. The smallest absolute Gasteiger partial charge is 0.276 e. The molecule has 1 heterocycles. The largest absolute Gasteiger partial charge is 0.484 e. The first-order valence-corrected chi connectivity index (χ1v) is 9.92. The summed E-state index contributed by atoms with van der Waals surface area (Å²) in [5.41, 5.74) is 6.18. The van der Waals surface area contributed by atoms with E-state index in [2.05, 4.69) is 21.3 Å². The molecule has 11 heteroatoms. The standard InChI is InChI=1S/C21H16ClN5O4S/c1-12-18(19(27-31-12)15-4-2-3-5-16(15)22)20(29)24-21(32)26-25-17(28)11-30-14-8-6-13(10-23)7-9-14/h2-9H,11H2,1H3,(H,25,28)(H2,24,26,29,32). The number of amides is 2. The average molecular weight is 470 g/mol. The van der Waals surface area contributed by atoms with E-state index in [9.17, 15) is 9.59 Å². The summed E-state index contributed by atoms with van der Waals surface area (Å²) in [6.07, 6.45) is 0. The third-order valence-corrected chi connectivity index (χ3v) is 4.65. The van der Waals surface area contributed by atoms with E-state index in [-0.39, 0.29) is 28.7 Å². The van der Waals surface area contributed by atoms with E-state index in [4.69, 9.17) is 38.3 Å². The Balaban J connectivity index is 1.54. The Bertz CT molecular complexity index is 1200. The number of rotatable bonds is 5. The molecular formula is C21H16ClN5O4S. The quantitative estimate of drug-likeness (QED) is 0.384. The molecule has 2 aromatic carbocycles. The first-order valence-electron chi connectivity index (χ1n) is 9.13. The maximum atomic E-state index is 12.7. The number of nitrogens with zero attached hydrogens (tertiary/aromatic N) is 2. The number of thiocarbonyl (C=S) groups is 1. The molecule has 0 fully saturated rings. The van der Waals surface area contributed by atoms with Gasteiger partial charge in [0.2, 0.25) is 0 Å². The number of carbonyl (C=O) groups is 2. The minimum absolute atomic E-state index is 0.146. The van der Waals surface area contributed by atoms with Crippen LogP contribution in [0.5, 0.6) is 5.75 Å². The highest BCUT2D eigenvalue weighted by Gasteiger charge is 2.23. The number of aromatic nitrogens is 1. The van der Waals surface area contributed by atoms with E-state index >= 15 is 0 Å². The van der Waals surface area contributed by atoms with Crippen LogP contribution in [-0.4, -0.2) is 28.7 Å². The maximum Gasteiger partial charge on any atom is 0.276 e. The molecule has 0 aliphatic rings. The van der Waals surface area contributed by atoms with Crippen molar-refractivity contribution in [1.29, 1.82) is 5.26 Å². The second-order valence-corrected chi connectivity index (χ2v) is 7.14. The van der Waals surface area contributed by atoms with Crippen molar-refractivity contribution in [2.45, 2.75) is 6.92 Å². The van der Waals surface area contributed by atoms with Crippen LogP contribution in [0.3, 0.4) is 0 Å². The van der Waals surface area contributed by atoms with Gasteiger partial charge in [-0.15, -0.1) is 0 Å². The summed E-state index contributed by atoms with van der Waals surface area (Å²) in [6.45, 7) is 1.28. The third kappa shape index (κ3) is 5.60. The lowest BCUT2D eigenvalue weighted by atomic mass is 10.1. The van der Waals surface area contributed by atoms with Crippen LogP contribution in [0, 0.1) is 18.3 Å². The summed E-state index contributed by atoms with van der Waals surface area (Å²) in [5, 5.41) is 15.4. The number of carbonyl (C=O) groups excluding carboxylic acids is 2. The van der Waals surface area contributed by atoms with E-state index in [0.717, 1.165) is 0 Å². The molecule has 0 aliphatic heterocycles. The van der Waals surface area contributed by atoms with Crippen molar-refractivity contribution in [2.75, 3.05) is 6.61 Å². The summed E-state index contributed by atoms with van der Waals surface area (Å²) in [7, 11) is 0. The Morgan fingerprint density at radius 3 is 2.59 bits per heavy atom. The molecule has 0 bridgehead atoms. The minimum Gasteiger partial charge on any atom is -0.484 e. The first-order chi connectivity index (χ1) is 15.4. The zero-order chi connectivity index (χ0) is 23.1. The molecule has 2 amide bonds. The Kier molecular flexibility index (Phi) is 7.38. The number of hydrogen-bond acceptors (Lipinski definition) is 7. The highest BCUT2D eigenvalue weighted by atomic mass is 35.5. The molecule has 3 N–H and O–H groups in total. The van der Waals surface area contributed by atoms with E-state index in [1.807, 2.05) is 6.07 Å². The fourth-order valence-electron chi connectivity index (χ4n) is 2.61. The summed E-state index contributed by atoms with van der Waals surface area (Å²) in [5.74, 6) is -0.423. The number of ether oxygens (including phenoxy) is 1. The van der Waals surface area contributed by atoms with Gasteiger partial charge in [0.1, 0.15) is 22.8 Å². The molecule has 0 radical (unpaired) electrons. The highest BCUT2D eigenvalue weighted by molar-refractivity contribution is 7.80. The van der Waals surface area contributed by atoms with Crippen molar-refractivity contribution in [3.8, 4) is 23.1 Å². The van der Waals surface area contributed by atoms with Gasteiger partial charge in [-0.25, -0.2) is 0 Å². The van der Waals surface area contributed by atoms with Crippen molar-refractivity contribution in [2.24, 2.45) is 0 Å². The van der Waals surface area contributed by atoms with Gasteiger partial charge in [-0.3, -0.25) is 25.8 Å². The summed E-state index contributed by atoms with van der Waals surface area (Å²) in [6, 6.07) is 15.2. The Labute approximate surface area is 193 Å². The fraction of sp³-hybridized carbons (Fsp3) is 0.0952. The van der Waals surface area contributed by atoms with Crippen molar-refractivity contribution < 1.29 is 18.8 Å². The fourth-order valence-corrected chi connectivity index (χ4v) is 2.98. The molecule has 32 heavy (non-hydrogen) atoms. The summed E-state index contributed by atoms with van der Waals surface area (Å²) >= 11 is 11.2. The van der Waals surface area contributed by atoms with Crippen molar-refractivity contribution >= 4 is 40.7 Å². The third-order valence-electron chi connectivity index (χ3n) is 4.11. The van der Waals surface area contributed by atoms with E-state index < -0.39 is 11.8 Å². The SMILES string of the molecule is Cc1onc(-c2ccccc2Cl)c1C(=O)NC(=S)NNC(=O)COc1ccc(C#N)cc1. The van der Waals surface area contributed by atoms with Crippen LogP contribution in [0.1, 0.15) is 21.7 Å².